The van der Waals surface area contributed by atoms with E-state index in [1.165, 1.54) is 5.56 Å². The van der Waals surface area contributed by atoms with Crippen LogP contribution in [0.5, 0.6) is 17.2 Å². The van der Waals surface area contributed by atoms with Gasteiger partial charge in [-0.3, -0.25) is 4.79 Å². The fraction of sp³-hybridized carbons (Fsp3) is 0.350. The summed E-state index contributed by atoms with van der Waals surface area (Å²) in [4.78, 5) is 12.2. The monoisotopic (exact) mass is 343 g/mol. The predicted octanol–water partition coefficient (Wildman–Crippen LogP) is 3.52. The summed E-state index contributed by atoms with van der Waals surface area (Å²) in [6, 6.07) is 13.0. The number of hydrogen-bond donors (Lipinski definition) is 1. The van der Waals surface area contributed by atoms with E-state index in [1.807, 2.05) is 49.4 Å². The van der Waals surface area contributed by atoms with Gasteiger partial charge < -0.3 is 19.5 Å². The lowest BCUT2D eigenvalue weighted by Gasteiger charge is -2.18. The lowest BCUT2D eigenvalue weighted by molar-refractivity contribution is -0.123. The van der Waals surface area contributed by atoms with Gasteiger partial charge in [0, 0.05) is 5.56 Å². The third-order valence-electron chi connectivity index (χ3n) is 3.96. The molecule has 0 spiro atoms. The van der Waals surface area contributed by atoms with Gasteiger partial charge in [0.1, 0.15) is 17.2 Å². The molecule has 0 heterocycles. The molecule has 0 fully saturated rings. The number of methoxy groups -OCH3 is 2. The highest BCUT2D eigenvalue weighted by Crippen LogP contribution is 2.29. The molecule has 5 nitrogen and oxygen atoms in total. The molecule has 0 unspecified atom stereocenters. The summed E-state index contributed by atoms with van der Waals surface area (Å²) in [5, 5.41) is 2.92. The Morgan fingerprint density at radius 1 is 1.08 bits per heavy atom. The summed E-state index contributed by atoms with van der Waals surface area (Å²) in [6.07, 6.45) is 0.927. The van der Waals surface area contributed by atoms with E-state index in [9.17, 15) is 4.79 Å². The number of amides is 1. The molecule has 0 aliphatic rings. The van der Waals surface area contributed by atoms with Crippen LogP contribution in [-0.4, -0.2) is 26.7 Å². The van der Waals surface area contributed by atoms with Gasteiger partial charge in [-0.1, -0.05) is 19.1 Å². The molecule has 0 aliphatic heterocycles. The first-order valence-electron chi connectivity index (χ1n) is 8.30. The first kappa shape index (κ1) is 18.6. The van der Waals surface area contributed by atoms with Crippen molar-refractivity contribution >= 4 is 5.91 Å². The van der Waals surface area contributed by atoms with E-state index in [1.54, 1.807) is 14.2 Å². The molecule has 0 radical (unpaired) electrons. The number of nitrogens with one attached hydrogen (secondary N) is 1. The minimum atomic E-state index is -0.233. The minimum absolute atomic E-state index is 0.0379. The number of carbonyl (C=O) groups is 1. The standard InChI is InChI=1S/C20H25NO4/c1-5-15-7-6-8-17(11-15)25-13-20(22)21-14(2)18-12-16(23-3)9-10-19(18)24-4/h6-12,14H,5,13H2,1-4H3,(H,21,22)/t14-/m1/s1. The highest BCUT2D eigenvalue weighted by atomic mass is 16.5. The number of ether oxygens (including phenoxy) is 3. The SMILES string of the molecule is CCc1cccc(OCC(=O)N[C@H](C)c2cc(OC)ccc2OC)c1. The van der Waals surface area contributed by atoms with Crippen molar-refractivity contribution in [1.29, 1.82) is 0 Å². The molecule has 1 N–H and O–H groups in total. The fourth-order valence-electron chi connectivity index (χ4n) is 2.54. The maximum Gasteiger partial charge on any atom is 0.258 e. The second kappa shape index (κ2) is 8.97. The molecule has 0 saturated carbocycles. The molecule has 2 aromatic rings. The van der Waals surface area contributed by atoms with Crippen LogP contribution in [0, 0.1) is 0 Å². The molecule has 0 aromatic heterocycles. The number of carbonyl (C=O) groups excluding carboxylic acids is 1. The Morgan fingerprint density at radius 3 is 2.56 bits per heavy atom. The molecule has 2 aromatic carbocycles. The molecule has 2 rings (SSSR count). The maximum absolute atomic E-state index is 12.2. The van der Waals surface area contributed by atoms with Crippen molar-refractivity contribution in [3.63, 3.8) is 0 Å². The highest BCUT2D eigenvalue weighted by molar-refractivity contribution is 5.78. The lowest BCUT2D eigenvalue weighted by Crippen LogP contribution is -2.31. The highest BCUT2D eigenvalue weighted by Gasteiger charge is 2.15. The molecule has 25 heavy (non-hydrogen) atoms. The summed E-state index contributed by atoms with van der Waals surface area (Å²) in [6.45, 7) is 3.94. The molecular formula is C20H25NO4. The summed E-state index contributed by atoms with van der Waals surface area (Å²) in [7, 11) is 3.21. The quantitative estimate of drug-likeness (QED) is 0.797. The molecule has 5 heteroatoms. The van der Waals surface area contributed by atoms with Gasteiger partial charge in [-0.25, -0.2) is 0 Å². The third kappa shape index (κ3) is 5.14. The smallest absolute Gasteiger partial charge is 0.258 e. The van der Waals surface area contributed by atoms with Crippen LogP contribution in [0.15, 0.2) is 42.5 Å². The molecule has 1 atom stereocenters. The number of hydrogen-bond acceptors (Lipinski definition) is 4. The van der Waals surface area contributed by atoms with Crippen molar-refractivity contribution < 1.29 is 19.0 Å². The van der Waals surface area contributed by atoms with Crippen LogP contribution in [0.25, 0.3) is 0 Å². The summed E-state index contributed by atoms with van der Waals surface area (Å²) in [5.41, 5.74) is 2.02. The maximum atomic E-state index is 12.2. The first-order valence-corrected chi connectivity index (χ1v) is 8.30. The topological polar surface area (TPSA) is 56.8 Å². The van der Waals surface area contributed by atoms with Crippen LogP contribution in [0.2, 0.25) is 0 Å². The van der Waals surface area contributed by atoms with Crippen molar-refractivity contribution in [3.05, 3.63) is 53.6 Å². The first-order chi connectivity index (χ1) is 12.1. The molecule has 134 valence electrons. The number of aryl methyl sites for hydroxylation is 1. The van der Waals surface area contributed by atoms with Crippen LogP contribution in [0.1, 0.15) is 31.0 Å². The van der Waals surface area contributed by atoms with Gasteiger partial charge in [-0.05, 0) is 49.2 Å². The largest absolute Gasteiger partial charge is 0.497 e. The molecular weight excluding hydrogens is 318 g/mol. The normalized spacial score (nSPS) is 11.5. The van der Waals surface area contributed by atoms with E-state index >= 15 is 0 Å². The van der Waals surface area contributed by atoms with Crippen molar-refractivity contribution in [2.45, 2.75) is 26.3 Å². The number of rotatable bonds is 8. The number of benzene rings is 2. The lowest BCUT2D eigenvalue weighted by atomic mass is 10.1. The van der Waals surface area contributed by atoms with Gasteiger partial charge in [0.2, 0.25) is 0 Å². The minimum Gasteiger partial charge on any atom is -0.497 e. The van der Waals surface area contributed by atoms with Crippen molar-refractivity contribution in [3.8, 4) is 17.2 Å². The average molecular weight is 343 g/mol. The van der Waals surface area contributed by atoms with Crippen LogP contribution >= 0.6 is 0 Å². The molecule has 0 saturated heterocycles. The van der Waals surface area contributed by atoms with E-state index in [-0.39, 0.29) is 18.6 Å². The van der Waals surface area contributed by atoms with E-state index in [4.69, 9.17) is 14.2 Å². The zero-order chi connectivity index (χ0) is 18.2. The van der Waals surface area contributed by atoms with E-state index < -0.39 is 0 Å². The zero-order valence-corrected chi connectivity index (χ0v) is 15.2. The molecule has 0 bridgehead atoms. The van der Waals surface area contributed by atoms with Crippen molar-refractivity contribution in [2.75, 3.05) is 20.8 Å². The Hall–Kier alpha value is -2.69. The van der Waals surface area contributed by atoms with Gasteiger partial charge in [0.05, 0.1) is 20.3 Å². The van der Waals surface area contributed by atoms with Gasteiger partial charge in [-0.15, -0.1) is 0 Å². The Bertz CT molecular complexity index is 715. The predicted molar refractivity (Wildman–Crippen MR) is 97.4 cm³/mol. The summed E-state index contributed by atoms with van der Waals surface area (Å²) >= 11 is 0. The second-order valence-electron chi connectivity index (χ2n) is 5.69. The van der Waals surface area contributed by atoms with Gasteiger partial charge >= 0.3 is 0 Å². The van der Waals surface area contributed by atoms with Crippen LogP contribution < -0.4 is 19.5 Å². The van der Waals surface area contributed by atoms with E-state index in [0.717, 1.165) is 12.0 Å². The summed E-state index contributed by atoms with van der Waals surface area (Å²) < 4.78 is 16.2. The van der Waals surface area contributed by atoms with E-state index in [2.05, 4.69) is 12.2 Å². The summed E-state index contributed by atoms with van der Waals surface area (Å²) in [5.74, 6) is 1.91. The Kier molecular flexibility index (Phi) is 6.69. The second-order valence-corrected chi connectivity index (χ2v) is 5.69. The van der Waals surface area contributed by atoms with Crippen LogP contribution in [-0.2, 0) is 11.2 Å². The third-order valence-corrected chi connectivity index (χ3v) is 3.96. The van der Waals surface area contributed by atoms with Crippen molar-refractivity contribution in [1.82, 2.24) is 5.32 Å². The molecule has 0 aliphatic carbocycles. The zero-order valence-electron chi connectivity index (χ0n) is 15.2. The van der Waals surface area contributed by atoms with Crippen molar-refractivity contribution in [2.24, 2.45) is 0 Å². The Labute approximate surface area is 148 Å². The van der Waals surface area contributed by atoms with Gasteiger partial charge in [0.25, 0.3) is 5.91 Å². The molecule has 1 amide bonds. The Balaban J connectivity index is 1.97. The average Bonchev–Trinajstić information content (AvgIpc) is 2.65. The van der Waals surface area contributed by atoms with E-state index in [0.29, 0.717) is 17.2 Å². The van der Waals surface area contributed by atoms with Crippen LogP contribution in [0.4, 0.5) is 0 Å². The Morgan fingerprint density at radius 2 is 1.88 bits per heavy atom. The van der Waals surface area contributed by atoms with Gasteiger partial charge in [-0.2, -0.15) is 0 Å². The fourth-order valence-corrected chi connectivity index (χ4v) is 2.54. The van der Waals surface area contributed by atoms with Gasteiger partial charge in [0.15, 0.2) is 6.61 Å². The van der Waals surface area contributed by atoms with Crippen LogP contribution in [0.3, 0.4) is 0 Å².